The van der Waals surface area contributed by atoms with E-state index in [0.29, 0.717) is 24.3 Å². The van der Waals surface area contributed by atoms with Gasteiger partial charge < -0.3 is 10.0 Å². The van der Waals surface area contributed by atoms with Gasteiger partial charge in [-0.3, -0.25) is 15.0 Å². The minimum atomic E-state index is -0.362. The van der Waals surface area contributed by atoms with Gasteiger partial charge in [0.1, 0.15) is 5.69 Å². The van der Waals surface area contributed by atoms with Gasteiger partial charge in [0.25, 0.3) is 5.69 Å². The fraction of sp³-hybridized carbons (Fsp3) is 0.368. The van der Waals surface area contributed by atoms with Crippen LogP contribution in [0.3, 0.4) is 0 Å². The molecular weight excluding hydrogens is 354 g/mol. The highest BCUT2D eigenvalue weighted by atomic mass is 35.5. The number of nitrogens with zero attached hydrogens (tertiary/aromatic N) is 3. The Morgan fingerprint density at radius 3 is 2.38 bits per heavy atom. The summed E-state index contributed by atoms with van der Waals surface area (Å²) < 4.78 is 0. The van der Waals surface area contributed by atoms with Gasteiger partial charge in [0.2, 0.25) is 0 Å². The van der Waals surface area contributed by atoms with Gasteiger partial charge >= 0.3 is 0 Å². The molecule has 1 atom stereocenters. The summed E-state index contributed by atoms with van der Waals surface area (Å²) in [5.74, 6) is 0. The van der Waals surface area contributed by atoms with E-state index in [1.165, 1.54) is 11.6 Å². The highest BCUT2D eigenvalue weighted by Crippen LogP contribution is 2.31. The number of rotatable bonds is 5. The van der Waals surface area contributed by atoms with Gasteiger partial charge in [0.05, 0.1) is 11.5 Å². The normalized spacial score (nSPS) is 16.5. The van der Waals surface area contributed by atoms with Crippen molar-refractivity contribution in [2.45, 2.75) is 19.6 Å². The highest BCUT2D eigenvalue weighted by molar-refractivity contribution is 6.30. The summed E-state index contributed by atoms with van der Waals surface area (Å²) in [6.07, 6.45) is 0. The number of anilines is 1. The molecule has 0 aliphatic carbocycles. The maximum Gasteiger partial charge on any atom is 0.292 e. The van der Waals surface area contributed by atoms with Gasteiger partial charge in [-0.05, 0) is 42.3 Å². The van der Waals surface area contributed by atoms with Crippen LogP contribution in [0.1, 0.15) is 24.1 Å². The van der Waals surface area contributed by atoms with Crippen LogP contribution in [-0.2, 0) is 6.61 Å². The Balaban J connectivity index is 1.72. The Morgan fingerprint density at radius 1 is 1.15 bits per heavy atom. The first kappa shape index (κ1) is 18.6. The molecule has 0 bridgehead atoms. The summed E-state index contributed by atoms with van der Waals surface area (Å²) in [5, 5.41) is 21.4. The quantitative estimate of drug-likeness (QED) is 0.638. The molecule has 0 saturated carbocycles. The topological polar surface area (TPSA) is 69.8 Å². The van der Waals surface area contributed by atoms with Crippen molar-refractivity contribution in [3.05, 3.63) is 68.7 Å². The Kier molecular flexibility index (Phi) is 5.76. The summed E-state index contributed by atoms with van der Waals surface area (Å²) in [6.45, 7) is 5.06. The molecular formula is C19H22ClN3O3. The number of aliphatic hydroxyl groups excluding tert-OH is 1. The van der Waals surface area contributed by atoms with Gasteiger partial charge in [-0.15, -0.1) is 0 Å². The van der Waals surface area contributed by atoms with E-state index in [4.69, 9.17) is 11.6 Å². The van der Waals surface area contributed by atoms with E-state index >= 15 is 0 Å². The Bertz CT molecular complexity index is 774. The van der Waals surface area contributed by atoms with Crippen molar-refractivity contribution in [2.24, 2.45) is 0 Å². The van der Waals surface area contributed by atoms with Crippen molar-refractivity contribution in [1.82, 2.24) is 4.90 Å². The Hall–Kier alpha value is -2.15. The minimum absolute atomic E-state index is 0.0846. The number of nitro benzene ring substituents is 1. The number of piperazine rings is 1. The van der Waals surface area contributed by atoms with Gasteiger partial charge in [0, 0.05) is 43.3 Å². The van der Waals surface area contributed by atoms with Crippen molar-refractivity contribution >= 4 is 23.0 Å². The smallest absolute Gasteiger partial charge is 0.292 e. The Labute approximate surface area is 157 Å². The zero-order valence-electron chi connectivity index (χ0n) is 14.6. The molecule has 1 fully saturated rings. The predicted molar refractivity (Wildman–Crippen MR) is 103 cm³/mol. The highest BCUT2D eigenvalue weighted by Gasteiger charge is 2.26. The zero-order valence-corrected chi connectivity index (χ0v) is 15.4. The maximum absolute atomic E-state index is 11.3. The number of nitro groups is 1. The molecule has 2 aromatic carbocycles. The third-order valence-corrected chi connectivity index (χ3v) is 5.23. The van der Waals surface area contributed by atoms with E-state index in [9.17, 15) is 15.2 Å². The van der Waals surface area contributed by atoms with E-state index in [1.54, 1.807) is 12.1 Å². The molecule has 0 spiro atoms. The molecule has 1 saturated heterocycles. The lowest BCUT2D eigenvalue weighted by Gasteiger charge is -2.39. The minimum Gasteiger partial charge on any atom is -0.392 e. The monoisotopic (exact) mass is 375 g/mol. The van der Waals surface area contributed by atoms with Gasteiger partial charge in [-0.2, -0.15) is 0 Å². The van der Waals surface area contributed by atoms with Crippen LogP contribution in [0, 0.1) is 10.1 Å². The van der Waals surface area contributed by atoms with E-state index < -0.39 is 0 Å². The zero-order chi connectivity index (χ0) is 18.7. The van der Waals surface area contributed by atoms with Gasteiger partial charge in [0.15, 0.2) is 0 Å². The first-order valence-corrected chi connectivity index (χ1v) is 9.00. The van der Waals surface area contributed by atoms with E-state index in [2.05, 4.69) is 11.8 Å². The van der Waals surface area contributed by atoms with E-state index in [1.807, 2.05) is 29.2 Å². The van der Waals surface area contributed by atoms with Crippen molar-refractivity contribution in [3.63, 3.8) is 0 Å². The first-order chi connectivity index (χ1) is 12.5. The van der Waals surface area contributed by atoms with E-state index in [-0.39, 0.29) is 23.3 Å². The molecule has 6 nitrogen and oxygen atoms in total. The molecule has 7 heteroatoms. The molecule has 1 N–H and O–H groups in total. The van der Waals surface area contributed by atoms with Crippen molar-refractivity contribution in [2.75, 3.05) is 31.1 Å². The van der Waals surface area contributed by atoms with Crippen LogP contribution in [0.2, 0.25) is 5.02 Å². The summed E-state index contributed by atoms with van der Waals surface area (Å²) in [4.78, 5) is 15.4. The summed E-state index contributed by atoms with van der Waals surface area (Å²) in [6, 6.07) is 12.9. The standard InChI is InChI=1S/C19H22ClN3O3/c1-14(16-3-5-17(20)6-4-16)21-8-10-22(11-9-21)19-12-15(13-24)2-7-18(19)23(25)26/h2-7,12,14,24H,8-11,13H2,1H3. The largest absolute Gasteiger partial charge is 0.392 e. The predicted octanol–water partition coefficient (Wildman–Crippen LogP) is 3.62. The average molecular weight is 376 g/mol. The second-order valence-corrected chi connectivity index (χ2v) is 6.93. The Morgan fingerprint density at radius 2 is 1.81 bits per heavy atom. The lowest BCUT2D eigenvalue weighted by Crippen LogP contribution is -2.47. The molecule has 2 aromatic rings. The number of halogens is 1. The van der Waals surface area contributed by atoms with Crippen molar-refractivity contribution < 1.29 is 10.0 Å². The molecule has 138 valence electrons. The summed E-state index contributed by atoms with van der Waals surface area (Å²) in [5.41, 5.74) is 2.56. The molecule has 1 heterocycles. The molecule has 0 amide bonds. The first-order valence-electron chi connectivity index (χ1n) is 8.62. The van der Waals surface area contributed by atoms with Crippen LogP contribution in [0.4, 0.5) is 11.4 Å². The number of benzene rings is 2. The van der Waals surface area contributed by atoms with Gasteiger partial charge in [-0.25, -0.2) is 0 Å². The third kappa shape index (κ3) is 3.98. The second-order valence-electron chi connectivity index (χ2n) is 6.49. The van der Waals surface area contributed by atoms with Crippen LogP contribution in [0.5, 0.6) is 0 Å². The third-order valence-electron chi connectivity index (χ3n) is 4.97. The molecule has 3 rings (SSSR count). The SMILES string of the molecule is CC(c1ccc(Cl)cc1)N1CCN(c2cc(CO)ccc2[N+](=O)[O-])CC1. The molecule has 1 aliphatic heterocycles. The fourth-order valence-corrected chi connectivity index (χ4v) is 3.50. The molecule has 1 aliphatic rings. The maximum atomic E-state index is 11.3. The molecule has 26 heavy (non-hydrogen) atoms. The van der Waals surface area contributed by atoms with Crippen molar-refractivity contribution in [3.8, 4) is 0 Å². The number of aliphatic hydroxyl groups is 1. The molecule has 0 radical (unpaired) electrons. The van der Waals surface area contributed by atoms with Crippen LogP contribution in [-0.4, -0.2) is 41.1 Å². The van der Waals surface area contributed by atoms with E-state index in [0.717, 1.165) is 18.1 Å². The van der Waals surface area contributed by atoms with Crippen LogP contribution in [0.15, 0.2) is 42.5 Å². The van der Waals surface area contributed by atoms with Crippen molar-refractivity contribution in [1.29, 1.82) is 0 Å². The van der Waals surface area contributed by atoms with Crippen LogP contribution >= 0.6 is 11.6 Å². The second kappa shape index (κ2) is 8.03. The molecule has 0 aromatic heterocycles. The fourth-order valence-electron chi connectivity index (χ4n) is 3.38. The van der Waals surface area contributed by atoms with Crippen LogP contribution in [0.25, 0.3) is 0 Å². The number of hydrogen-bond acceptors (Lipinski definition) is 5. The lowest BCUT2D eigenvalue weighted by atomic mass is 10.1. The molecule has 1 unspecified atom stereocenters. The van der Waals surface area contributed by atoms with Gasteiger partial charge in [-0.1, -0.05) is 23.7 Å². The average Bonchev–Trinajstić information content (AvgIpc) is 2.67. The number of hydrogen-bond donors (Lipinski definition) is 1. The summed E-state index contributed by atoms with van der Waals surface area (Å²) >= 11 is 5.96. The summed E-state index contributed by atoms with van der Waals surface area (Å²) in [7, 11) is 0. The van der Waals surface area contributed by atoms with Crippen LogP contribution < -0.4 is 4.90 Å². The lowest BCUT2D eigenvalue weighted by molar-refractivity contribution is -0.384.